The lowest BCUT2D eigenvalue weighted by Crippen LogP contribution is -2.34. The monoisotopic (exact) mass is 203 g/mol. The van der Waals surface area contributed by atoms with Gasteiger partial charge in [0.15, 0.2) is 0 Å². The SMILES string of the molecule is CCCC(O)CN(CC)CCOCC. The number of nitrogens with zero attached hydrogens (tertiary/aromatic N) is 1. The molecule has 86 valence electrons. The van der Waals surface area contributed by atoms with Gasteiger partial charge in [-0.2, -0.15) is 0 Å². The van der Waals surface area contributed by atoms with E-state index in [2.05, 4.69) is 18.7 Å². The zero-order valence-corrected chi connectivity index (χ0v) is 9.83. The molecule has 0 radical (unpaired) electrons. The van der Waals surface area contributed by atoms with E-state index in [0.717, 1.165) is 45.7 Å². The number of aliphatic hydroxyl groups is 1. The van der Waals surface area contributed by atoms with Gasteiger partial charge in [0, 0.05) is 19.7 Å². The Kier molecular flexibility index (Phi) is 9.35. The van der Waals surface area contributed by atoms with Crippen molar-refractivity contribution in [2.24, 2.45) is 0 Å². The maximum atomic E-state index is 9.62. The number of ether oxygens (including phenoxy) is 1. The Labute approximate surface area is 88.1 Å². The predicted octanol–water partition coefficient (Wildman–Crippen LogP) is 1.51. The second-order valence-electron chi connectivity index (χ2n) is 3.53. The minimum atomic E-state index is -0.179. The van der Waals surface area contributed by atoms with E-state index in [0.29, 0.717) is 0 Å². The van der Waals surface area contributed by atoms with E-state index >= 15 is 0 Å². The highest BCUT2D eigenvalue weighted by Crippen LogP contribution is 1.99. The van der Waals surface area contributed by atoms with E-state index in [1.54, 1.807) is 0 Å². The molecular weight excluding hydrogens is 178 g/mol. The maximum absolute atomic E-state index is 9.62. The first-order valence-corrected chi connectivity index (χ1v) is 5.72. The van der Waals surface area contributed by atoms with Crippen LogP contribution in [0.2, 0.25) is 0 Å². The topological polar surface area (TPSA) is 32.7 Å². The number of hydrogen-bond donors (Lipinski definition) is 1. The smallest absolute Gasteiger partial charge is 0.0667 e. The standard InChI is InChI=1S/C11H25NO2/c1-4-7-11(13)10-12(5-2)8-9-14-6-3/h11,13H,4-10H2,1-3H3. The van der Waals surface area contributed by atoms with Crippen molar-refractivity contribution in [1.29, 1.82) is 0 Å². The second kappa shape index (κ2) is 9.44. The van der Waals surface area contributed by atoms with Crippen LogP contribution in [0.15, 0.2) is 0 Å². The summed E-state index contributed by atoms with van der Waals surface area (Å²) in [4.78, 5) is 2.23. The van der Waals surface area contributed by atoms with Crippen molar-refractivity contribution >= 4 is 0 Å². The van der Waals surface area contributed by atoms with Gasteiger partial charge in [-0.25, -0.2) is 0 Å². The van der Waals surface area contributed by atoms with Gasteiger partial charge in [0.25, 0.3) is 0 Å². The van der Waals surface area contributed by atoms with E-state index in [1.807, 2.05) is 6.92 Å². The van der Waals surface area contributed by atoms with Crippen molar-refractivity contribution in [1.82, 2.24) is 4.90 Å². The minimum Gasteiger partial charge on any atom is -0.392 e. The van der Waals surface area contributed by atoms with E-state index in [9.17, 15) is 5.11 Å². The van der Waals surface area contributed by atoms with Gasteiger partial charge < -0.3 is 9.84 Å². The molecule has 0 bridgehead atoms. The highest BCUT2D eigenvalue weighted by molar-refractivity contribution is 4.62. The lowest BCUT2D eigenvalue weighted by atomic mass is 10.2. The van der Waals surface area contributed by atoms with Crippen molar-refractivity contribution < 1.29 is 9.84 Å². The number of rotatable bonds is 9. The molecule has 14 heavy (non-hydrogen) atoms. The third-order valence-corrected chi connectivity index (χ3v) is 2.29. The summed E-state index contributed by atoms with van der Waals surface area (Å²) < 4.78 is 5.28. The van der Waals surface area contributed by atoms with Gasteiger partial charge in [0.05, 0.1) is 12.7 Å². The molecule has 0 aromatic heterocycles. The average Bonchev–Trinajstić information content (AvgIpc) is 2.17. The Balaban J connectivity index is 3.55. The Morgan fingerprint density at radius 3 is 2.50 bits per heavy atom. The summed E-state index contributed by atoms with van der Waals surface area (Å²) in [6.45, 7) is 10.4. The fraction of sp³-hybridized carbons (Fsp3) is 1.00. The number of aliphatic hydroxyl groups excluding tert-OH is 1. The maximum Gasteiger partial charge on any atom is 0.0667 e. The van der Waals surface area contributed by atoms with E-state index in [4.69, 9.17) is 4.74 Å². The normalized spacial score (nSPS) is 13.5. The predicted molar refractivity (Wildman–Crippen MR) is 59.5 cm³/mol. The summed E-state index contributed by atoms with van der Waals surface area (Å²) >= 11 is 0. The Morgan fingerprint density at radius 1 is 1.29 bits per heavy atom. The van der Waals surface area contributed by atoms with E-state index in [1.165, 1.54) is 0 Å². The summed E-state index contributed by atoms with van der Waals surface area (Å²) in [6.07, 6.45) is 1.76. The van der Waals surface area contributed by atoms with Crippen LogP contribution in [0.1, 0.15) is 33.6 Å². The van der Waals surface area contributed by atoms with Crippen molar-refractivity contribution in [3.8, 4) is 0 Å². The zero-order chi connectivity index (χ0) is 10.8. The molecule has 0 amide bonds. The van der Waals surface area contributed by atoms with Gasteiger partial charge in [-0.3, -0.25) is 4.90 Å². The third-order valence-electron chi connectivity index (χ3n) is 2.29. The summed E-state index contributed by atoms with van der Waals surface area (Å²) in [5.41, 5.74) is 0. The molecule has 0 spiro atoms. The first-order chi connectivity index (χ1) is 6.74. The molecule has 1 N–H and O–H groups in total. The van der Waals surface area contributed by atoms with Crippen LogP contribution in [0.3, 0.4) is 0 Å². The van der Waals surface area contributed by atoms with E-state index in [-0.39, 0.29) is 6.10 Å². The lowest BCUT2D eigenvalue weighted by Gasteiger charge is -2.23. The van der Waals surface area contributed by atoms with Crippen LogP contribution in [-0.4, -0.2) is 49.0 Å². The summed E-state index contributed by atoms with van der Waals surface area (Å²) in [6, 6.07) is 0. The molecule has 3 nitrogen and oxygen atoms in total. The summed E-state index contributed by atoms with van der Waals surface area (Å²) in [7, 11) is 0. The molecule has 0 rings (SSSR count). The van der Waals surface area contributed by atoms with Gasteiger partial charge in [-0.15, -0.1) is 0 Å². The highest BCUT2D eigenvalue weighted by atomic mass is 16.5. The van der Waals surface area contributed by atoms with Crippen molar-refractivity contribution in [2.75, 3.05) is 32.8 Å². The molecule has 0 heterocycles. The largest absolute Gasteiger partial charge is 0.392 e. The van der Waals surface area contributed by atoms with Crippen LogP contribution in [0.4, 0.5) is 0 Å². The van der Waals surface area contributed by atoms with Gasteiger partial charge >= 0.3 is 0 Å². The molecule has 0 aromatic rings. The summed E-state index contributed by atoms with van der Waals surface area (Å²) in [5, 5.41) is 9.62. The summed E-state index contributed by atoms with van der Waals surface area (Å²) in [5.74, 6) is 0. The Bertz CT molecular complexity index is 120. The molecular formula is C11H25NO2. The van der Waals surface area contributed by atoms with Crippen LogP contribution in [0.5, 0.6) is 0 Å². The van der Waals surface area contributed by atoms with Crippen LogP contribution < -0.4 is 0 Å². The Morgan fingerprint density at radius 2 is 2.00 bits per heavy atom. The molecule has 0 aliphatic carbocycles. The van der Waals surface area contributed by atoms with Gasteiger partial charge in [0.1, 0.15) is 0 Å². The first kappa shape index (κ1) is 13.9. The van der Waals surface area contributed by atoms with Crippen molar-refractivity contribution in [2.45, 2.75) is 39.7 Å². The lowest BCUT2D eigenvalue weighted by molar-refractivity contribution is 0.0755. The fourth-order valence-corrected chi connectivity index (χ4v) is 1.44. The van der Waals surface area contributed by atoms with Crippen LogP contribution >= 0.6 is 0 Å². The Hall–Kier alpha value is -0.120. The third kappa shape index (κ3) is 7.30. The van der Waals surface area contributed by atoms with Gasteiger partial charge in [-0.05, 0) is 19.9 Å². The van der Waals surface area contributed by atoms with Crippen LogP contribution in [0, 0.1) is 0 Å². The number of hydrogen-bond acceptors (Lipinski definition) is 3. The molecule has 0 aliphatic rings. The highest BCUT2D eigenvalue weighted by Gasteiger charge is 2.08. The molecule has 0 fully saturated rings. The molecule has 1 atom stereocenters. The van der Waals surface area contributed by atoms with Crippen LogP contribution in [0.25, 0.3) is 0 Å². The molecule has 0 saturated heterocycles. The molecule has 0 aromatic carbocycles. The molecule has 0 saturated carbocycles. The quantitative estimate of drug-likeness (QED) is 0.577. The fourth-order valence-electron chi connectivity index (χ4n) is 1.44. The molecule has 3 heteroatoms. The second-order valence-corrected chi connectivity index (χ2v) is 3.53. The minimum absolute atomic E-state index is 0.179. The first-order valence-electron chi connectivity index (χ1n) is 5.72. The number of likely N-dealkylation sites (N-methyl/N-ethyl adjacent to an activating group) is 1. The van der Waals surface area contributed by atoms with E-state index < -0.39 is 0 Å². The van der Waals surface area contributed by atoms with Crippen molar-refractivity contribution in [3.05, 3.63) is 0 Å². The van der Waals surface area contributed by atoms with Crippen molar-refractivity contribution in [3.63, 3.8) is 0 Å². The molecule has 1 unspecified atom stereocenters. The van der Waals surface area contributed by atoms with Crippen LogP contribution in [-0.2, 0) is 4.74 Å². The van der Waals surface area contributed by atoms with Gasteiger partial charge in [-0.1, -0.05) is 20.3 Å². The average molecular weight is 203 g/mol. The zero-order valence-electron chi connectivity index (χ0n) is 9.83. The van der Waals surface area contributed by atoms with Gasteiger partial charge in [0.2, 0.25) is 0 Å². The molecule has 0 aliphatic heterocycles.